The molecule has 4 nitrogen and oxygen atoms in total. The second-order valence-electron chi connectivity index (χ2n) is 4.14. The first-order chi connectivity index (χ1) is 9.34. The number of hydrogen-bond acceptors (Lipinski definition) is 3. The van der Waals surface area contributed by atoms with Crippen LogP contribution in [0.15, 0.2) is 30.7 Å². The second-order valence-corrected chi connectivity index (χ2v) is 4.55. The summed E-state index contributed by atoms with van der Waals surface area (Å²) in [7, 11) is 0. The zero-order chi connectivity index (χ0) is 14.9. The molecule has 1 heterocycles. The van der Waals surface area contributed by atoms with E-state index >= 15 is 0 Å². The first-order valence-electron chi connectivity index (χ1n) is 5.60. The summed E-state index contributed by atoms with van der Waals surface area (Å²) in [5, 5.41) is 8.66. The fourth-order valence-corrected chi connectivity index (χ4v) is 1.99. The van der Waals surface area contributed by atoms with Crippen LogP contribution in [0.3, 0.4) is 0 Å². The van der Waals surface area contributed by atoms with Gasteiger partial charge >= 0.3 is 6.18 Å². The normalized spacial score (nSPS) is 13.5. The molecule has 0 radical (unpaired) electrons. The van der Waals surface area contributed by atoms with E-state index in [1.165, 1.54) is 23.2 Å². The van der Waals surface area contributed by atoms with E-state index in [4.69, 9.17) is 22.4 Å². The summed E-state index contributed by atoms with van der Waals surface area (Å²) in [6.45, 7) is -0.342. The molecule has 1 atom stereocenters. The maximum Gasteiger partial charge on any atom is 0.417 e. The van der Waals surface area contributed by atoms with Crippen molar-refractivity contribution in [3.05, 3.63) is 47.0 Å². The number of hydrogen-bond donors (Lipinski definition) is 2. The Balaban J connectivity index is 2.52. The lowest BCUT2D eigenvalue weighted by Crippen LogP contribution is -2.18. The van der Waals surface area contributed by atoms with Crippen molar-refractivity contribution in [2.75, 3.05) is 6.61 Å². The van der Waals surface area contributed by atoms with E-state index in [2.05, 4.69) is 4.98 Å². The molecular formula is C12H11ClF3N3O. The third kappa shape index (κ3) is 2.79. The van der Waals surface area contributed by atoms with Crippen LogP contribution in [0.25, 0.3) is 5.69 Å². The summed E-state index contributed by atoms with van der Waals surface area (Å²) in [5.74, 6) is 0. The Bertz CT molecular complexity index is 612. The van der Waals surface area contributed by atoms with Crippen LogP contribution in [0.4, 0.5) is 13.2 Å². The summed E-state index contributed by atoms with van der Waals surface area (Å²) >= 11 is 5.56. The topological polar surface area (TPSA) is 64.1 Å². The number of nitrogens with zero attached hydrogens (tertiary/aromatic N) is 2. The molecule has 0 fully saturated rings. The number of alkyl halides is 3. The average molecular weight is 306 g/mol. The van der Waals surface area contributed by atoms with Gasteiger partial charge < -0.3 is 15.4 Å². The zero-order valence-corrected chi connectivity index (χ0v) is 10.9. The van der Waals surface area contributed by atoms with Gasteiger partial charge in [-0.3, -0.25) is 0 Å². The summed E-state index contributed by atoms with van der Waals surface area (Å²) in [6, 6.07) is 2.76. The van der Waals surface area contributed by atoms with Crippen molar-refractivity contribution in [1.29, 1.82) is 0 Å². The van der Waals surface area contributed by atoms with E-state index in [0.29, 0.717) is 5.69 Å². The van der Waals surface area contributed by atoms with E-state index in [1.54, 1.807) is 0 Å². The van der Waals surface area contributed by atoms with Gasteiger partial charge in [-0.05, 0) is 18.2 Å². The minimum atomic E-state index is -4.55. The molecule has 0 aliphatic carbocycles. The second kappa shape index (κ2) is 5.43. The number of aromatic nitrogens is 2. The summed E-state index contributed by atoms with van der Waals surface area (Å²) in [4.78, 5) is 3.84. The summed E-state index contributed by atoms with van der Waals surface area (Å²) in [6.07, 6.45) is -1.83. The highest BCUT2D eigenvalue weighted by Gasteiger charge is 2.33. The van der Waals surface area contributed by atoms with Crippen LogP contribution in [0, 0.1) is 0 Å². The van der Waals surface area contributed by atoms with Gasteiger partial charge in [-0.2, -0.15) is 13.2 Å². The zero-order valence-electron chi connectivity index (χ0n) is 10.1. The van der Waals surface area contributed by atoms with Crippen LogP contribution in [-0.4, -0.2) is 21.3 Å². The molecule has 1 unspecified atom stereocenters. The lowest BCUT2D eigenvalue weighted by molar-refractivity contribution is -0.137. The first-order valence-corrected chi connectivity index (χ1v) is 5.98. The Morgan fingerprint density at radius 3 is 2.70 bits per heavy atom. The number of nitrogens with two attached hydrogens (primary N) is 1. The van der Waals surface area contributed by atoms with Crippen molar-refractivity contribution < 1.29 is 18.3 Å². The molecule has 8 heteroatoms. The summed E-state index contributed by atoms with van der Waals surface area (Å²) in [5.41, 5.74) is 5.36. The van der Waals surface area contributed by atoms with Crippen LogP contribution in [0.5, 0.6) is 0 Å². The van der Waals surface area contributed by atoms with Gasteiger partial charge in [0, 0.05) is 5.69 Å². The molecule has 0 spiro atoms. The summed E-state index contributed by atoms with van der Waals surface area (Å²) < 4.78 is 39.8. The molecule has 0 aliphatic rings. The predicted octanol–water partition coefficient (Wildman–Crippen LogP) is 2.54. The molecule has 0 saturated carbocycles. The van der Waals surface area contributed by atoms with Gasteiger partial charge in [-0.25, -0.2) is 4.98 Å². The Morgan fingerprint density at radius 2 is 2.10 bits per heavy atom. The van der Waals surface area contributed by atoms with Crippen molar-refractivity contribution in [1.82, 2.24) is 9.55 Å². The standard InChI is InChI=1S/C12H11ClF3N3O/c13-9-2-1-7(3-8(9)12(14,15)16)19-6-18-4-11(19)10(17)5-20/h1-4,6,10,20H,5,17H2. The number of benzene rings is 1. The lowest BCUT2D eigenvalue weighted by atomic mass is 10.1. The minimum Gasteiger partial charge on any atom is -0.394 e. The van der Waals surface area contributed by atoms with Crippen LogP contribution in [0.1, 0.15) is 17.3 Å². The minimum absolute atomic E-state index is 0.220. The van der Waals surface area contributed by atoms with E-state index in [0.717, 1.165) is 12.1 Å². The van der Waals surface area contributed by atoms with E-state index in [9.17, 15) is 13.2 Å². The third-order valence-corrected chi connectivity index (χ3v) is 3.11. The molecule has 1 aromatic carbocycles. The highest BCUT2D eigenvalue weighted by atomic mass is 35.5. The molecule has 0 bridgehead atoms. The van der Waals surface area contributed by atoms with Crippen molar-refractivity contribution in [2.45, 2.75) is 12.2 Å². The van der Waals surface area contributed by atoms with Gasteiger partial charge in [-0.15, -0.1) is 0 Å². The van der Waals surface area contributed by atoms with E-state index < -0.39 is 17.8 Å². The van der Waals surface area contributed by atoms with Crippen molar-refractivity contribution in [3.63, 3.8) is 0 Å². The lowest BCUT2D eigenvalue weighted by Gasteiger charge is -2.15. The molecule has 0 saturated heterocycles. The Hall–Kier alpha value is -1.57. The number of rotatable bonds is 3. The molecule has 20 heavy (non-hydrogen) atoms. The van der Waals surface area contributed by atoms with E-state index in [-0.39, 0.29) is 17.3 Å². The third-order valence-electron chi connectivity index (χ3n) is 2.78. The Labute approximate surface area is 117 Å². The molecule has 0 amide bonds. The number of imidazole rings is 1. The SMILES string of the molecule is NC(CO)c1cncn1-c1ccc(Cl)c(C(F)(F)F)c1. The monoisotopic (exact) mass is 305 g/mol. The van der Waals surface area contributed by atoms with Crippen molar-refractivity contribution in [2.24, 2.45) is 5.73 Å². The number of halogens is 4. The van der Waals surface area contributed by atoms with Gasteiger partial charge in [0.25, 0.3) is 0 Å². The largest absolute Gasteiger partial charge is 0.417 e. The van der Waals surface area contributed by atoms with Gasteiger partial charge in [-0.1, -0.05) is 11.6 Å². The van der Waals surface area contributed by atoms with Crippen LogP contribution in [-0.2, 0) is 6.18 Å². The highest BCUT2D eigenvalue weighted by Crippen LogP contribution is 2.36. The molecule has 2 aromatic rings. The van der Waals surface area contributed by atoms with Crippen LogP contribution in [0.2, 0.25) is 5.02 Å². The molecular weight excluding hydrogens is 295 g/mol. The smallest absolute Gasteiger partial charge is 0.394 e. The first kappa shape index (κ1) is 14.8. The van der Waals surface area contributed by atoms with Crippen LogP contribution < -0.4 is 5.73 Å². The fourth-order valence-electron chi connectivity index (χ4n) is 1.77. The Kier molecular flexibility index (Phi) is 4.03. The molecule has 0 aliphatic heterocycles. The fraction of sp³-hybridized carbons (Fsp3) is 0.250. The maximum atomic E-state index is 12.8. The van der Waals surface area contributed by atoms with Gasteiger partial charge in [0.2, 0.25) is 0 Å². The van der Waals surface area contributed by atoms with E-state index in [1.807, 2.05) is 0 Å². The average Bonchev–Trinajstić information content (AvgIpc) is 2.86. The van der Waals surface area contributed by atoms with Crippen molar-refractivity contribution in [3.8, 4) is 5.69 Å². The quantitative estimate of drug-likeness (QED) is 0.916. The molecule has 1 aromatic heterocycles. The maximum absolute atomic E-state index is 12.8. The van der Waals surface area contributed by atoms with Crippen LogP contribution >= 0.6 is 11.6 Å². The van der Waals surface area contributed by atoms with Crippen molar-refractivity contribution >= 4 is 11.6 Å². The predicted molar refractivity (Wildman–Crippen MR) is 67.6 cm³/mol. The van der Waals surface area contributed by atoms with Gasteiger partial charge in [0.15, 0.2) is 0 Å². The highest BCUT2D eigenvalue weighted by molar-refractivity contribution is 6.31. The Morgan fingerprint density at radius 1 is 1.40 bits per heavy atom. The van der Waals surface area contributed by atoms with Gasteiger partial charge in [0.05, 0.1) is 41.5 Å². The number of aliphatic hydroxyl groups is 1. The molecule has 3 N–H and O–H groups in total. The molecule has 2 rings (SSSR count). The molecule has 108 valence electrons. The van der Waals surface area contributed by atoms with Gasteiger partial charge in [0.1, 0.15) is 0 Å². The number of aliphatic hydroxyl groups excluding tert-OH is 1.